The fraction of sp³-hybridized carbons (Fsp3) is 0. The highest BCUT2D eigenvalue weighted by Gasteiger charge is 2.16. The molecule has 6 nitrogen and oxygen atoms in total. The molecule has 6 rings (SSSR count). The van der Waals surface area contributed by atoms with Crippen molar-refractivity contribution in [2.24, 2.45) is 5.73 Å². The first kappa shape index (κ1) is 23.5. The van der Waals surface area contributed by atoms with Gasteiger partial charge in [0.15, 0.2) is 0 Å². The fourth-order valence-corrected chi connectivity index (χ4v) is 5.15. The summed E-state index contributed by atoms with van der Waals surface area (Å²) in [5, 5.41) is 2.62. The maximum atomic E-state index is 13.6. The standard InChI is InChI=1S/C31H20ClN3O3/c32-25-9-4-8-23(19-11-13-20(14-12-19)29(33)36)28(25)21-15-16-24-26(17-21)34-31(38)35(30(24)37)27-10-3-6-18-5-1-2-7-22(18)27/h1-17H,(H2,33,36)(H,34,38). The van der Waals surface area contributed by atoms with Crippen LogP contribution >= 0.6 is 11.6 Å². The lowest BCUT2D eigenvalue weighted by Crippen LogP contribution is -2.33. The Balaban J connectivity index is 1.53. The first-order valence-electron chi connectivity index (χ1n) is 11.9. The monoisotopic (exact) mass is 517 g/mol. The van der Waals surface area contributed by atoms with Crippen LogP contribution in [-0.4, -0.2) is 15.5 Å². The van der Waals surface area contributed by atoms with Gasteiger partial charge >= 0.3 is 5.69 Å². The van der Waals surface area contributed by atoms with Crippen LogP contribution in [0.2, 0.25) is 5.02 Å². The molecule has 0 aliphatic carbocycles. The number of nitrogens with two attached hydrogens (primary N) is 1. The number of hydrogen-bond donors (Lipinski definition) is 2. The summed E-state index contributed by atoms with van der Waals surface area (Å²) in [6.45, 7) is 0. The molecular formula is C31H20ClN3O3. The van der Waals surface area contributed by atoms with E-state index in [-0.39, 0.29) is 0 Å². The largest absolute Gasteiger partial charge is 0.366 e. The van der Waals surface area contributed by atoms with Crippen LogP contribution < -0.4 is 17.0 Å². The Labute approximate surface area is 221 Å². The van der Waals surface area contributed by atoms with Crippen molar-refractivity contribution in [1.29, 1.82) is 0 Å². The Morgan fingerprint density at radius 2 is 1.47 bits per heavy atom. The van der Waals surface area contributed by atoms with E-state index in [4.69, 9.17) is 17.3 Å². The average Bonchev–Trinajstić information content (AvgIpc) is 2.93. The lowest BCUT2D eigenvalue weighted by molar-refractivity contribution is 0.100. The molecule has 184 valence electrons. The summed E-state index contributed by atoms with van der Waals surface area (Å²) < 4.78 is 1.17. The predicted octanol–water partition coefficient (Wildman–Crippen LogP) is 5.92. The van der Waals surface area contributed by atoms with Crippen molar-refractivity contribution in [3.63, 3.8) is 0 Å². The van der Waals surface area contributed by atoms with Gasteiger partial charge in [0.25, 0.3) is 5.56 Å². The number of nitrogens with one attached hydrogen (secondary N) is 1. The lowest BCUT2D eigenvalue weighted by Gasteiger charge is -2.14. The van der Waals surface area contributed by atoms with Gasteiger partial charge in [-0.15, -0.1) is 0 Å². The Hall–Kier alpha value is -4.94. The summed E-state index contributed by atoms with van der Waals surface area (Å²) >= 11 is 6.66. The highest BCUT2D eigenvalue weighted by atomic mass is 35.5. The molecular weight excluding hydrogens is 498 g/mol. The van der Waals surface area contributed by atoms with Crippen molar-refractivity contribution in [2.75, 3.05) is 0 Å². The molecule has 0 atom stereocenters. The first-order valence-corrected chi connectivity index (χ1v) is 12.3. The van der Waals surface area contributed by atoms with E-state index in [0.29, 0.717) is 27.2 Å². The number of fused-ring (bicyclic) bond motifs is 2. The summed E-state index contributed by atoms with van der Waals surface area (Å²) in [5.41, 5.74) is 8.92. The number of carbonyl (C=O) groups is 1. The van der Waals surface area contributed by atoms with E-state index in [1.807, 2.05) is 54.6 Å². The number of carbonyl (C=O) groups excluding carboxylic acids is 1. The average molecular weight is 518 g/mol. The van der Waals surface area contributed by atoms with Crippen LogP contribution in [0.25, 0.3) is 49.6 Å². The third kappa shape index (κ3) is 3.88. The van der Waals surface area contributed by atoms with Crippen molar-refractivity contribution in [3.05, 3.63) is 135 Å². The van der Waals surface area contributed by atoms with Gasteiger partial charge in [0.2, 0.25) is 5.91 Å². The second-order valence-electron chi connectivity index (χ2n) is 8.93. The quantitative estimate of drug-likeness (QED) is 0.304. The van der Waals surface area contributed by atoms with Gasteiger partial charge in [-0.05, 0) is 58.5 Å². The molecule has 6 aromatic rings. The molecule has 0 spiro atoms. The van der Waals surface area contributed by atoms with E-state index in [1.165, 1.54) is 4.57 Å². The van der Waals surface area contributed by atoms with Crippen LogP contribution in [0, 0.1) is 0 Å². The van der Waals surface area contributed by atoms with E-state index in [2.05, 4.69) is 4.98 Å². The molecule has 0 saturated heterocycles. The van der Waals surface area contributed by atoms with Gasteiger partial charge in [-0.25, -0.2) is 9.36 Å². The molecule has 0 aliphatic rings. The van der Waals surface area contributed by atoms with E-state index < -0.39 is 17.2 Å². The Morgan fingerprint density at radius 3 is 2.26 bits per heavy atom. The van der Waals surface area contributed by atoms with Crippen LogP contribution in [0.5, 0.6) is 0 Å². The number of aromatic nitrogens is 2. The molecule has 7 heteroatoms. The number of benzene rings is 5. The molecule has 1 amide bonds. The van der Waals surface area contributed by atoms with Crippen LogP contribution in [0.4, 0.5) is 0 Å². The van der Waals surface area contributed by atoms with Crippen molar-refractivity contribution >= 4 is 39.2 Å². The molecule has 0 radical (unpaired) electrons. The van der Waals surface area contributed by atoms with Gasteiger partial charge in [0.05, 0.1) is 16.6 Å². The second kappa shape index (κ2) is 9.18. The predicted molar refractivity (Wildman–Crippen MR) is 152 cm³/mol. The number of rotatable bonds is 4. The first-order chi connectivity index (χ1) is 18.4. The highest BCUT2D eigenvalue weighted by molar-refractivity contribution is 6.34. The molecule has 5 aromatic carbocycles. The number of amides is 1. The minimum atomic E-state index is -0.530. The zero-order valence-electron chi connectivity index (χ0n) is 19.9. The molecule has 0 bridgehead atoms. The molecule has 1 aromatic heterocycles. The summed E-state index contributed by atoms with van der Waals surface area (Å²) in [6, 6.07) is 30.9. The Morgan fingerprint density at radius 1 is 0.763 bits per heavy atom. The van der Waals surface area contributed by atoms with Gasteiger partial charge in [-0.2, -0.15) is 0 Å². The summed E-state index contributed by atoms with van der Waals surface area (Å²) in [5.74, 6) is -0.504. The van der Waals surface area contributed by atoms with Crippen LogP contribution in [0.3, 0.4) is 0 Å². The molecule has 0 aliphatic heterocycles. The smallest absolute Gasteiger partial charge is 0.333 e. The number of H-pyrrole nitrogens is 1. The Kier molecular flexibility index (Phi) is 5.66. The zero-order chi connectivity index (χ0) is 26.4. The van der Waals surface area contributed by atoms with Crippen LogP contribution in [-0.2, 0) is 0 Å². The van der Waals surface area contributed by atoms with Crippen molar-refractivity contribution in [2.45, 2.75) is 0 Å². The van der Waals surface area contributed by atoms with Crippen molar-refractivity contribution in [3.8, 4) is 27.9 Å². The van der Waals surface area contributed by atoms with Gasteiger partial charge in [0.1, 0.15) is 0 Å². The third-order valence-corrected chi connectivity index (χ3v) is 7.00. The molecule has 3 N–H and O–H groups in total. The lowest BCUT2D eigenvalue weighted by atomic mass is 9.93. The van der Waals surface area contributed by atoms with Crippen molar-refractivity contribution in [1.82, 2.24) is 9.55 Å². The van der Waals surface area contributed by atoms with Crippen LogP contribution in [0.1, 0.15) is 10.4 Å². The minimum Gasteiger partial charge on any atom is -0.366 e. The van der Waals surface area contributed by atoms with E-state index in [0.717, 1.165) is 33.0 Å². The number of aromatic amines is 1. The topological polar surface area (TPSA) is 97.9 Å². The molecule has 0 saturated carbocycles. The van der Waals surface area contributed by atoms with Crippen molar-refractivity contribution < 1.29 is 4.79 Å². The van der Waals surface area contributed by atoms with E-state index >= 15 is 0 Å². The molecule has 38 heavy (non-hydrogen) atoms. The molecule has 0 fully saturated rings. The van der Waals surface area contributed by atoms with Gasteiger partial charge in [-0.3, -0.25) is 9.59 Å². The van der Waals surface area contributed by atoms with Gasteiger partial charge < -0.3 is 10.7 Å². The van der Waals surface area contributed by atoms with Gasteiger partial charge in [0, 0.05) is 21.5 Å². The molecule has 1 heterocycles. The SMILES string of the molecule is NC(=O)c1ccc(-c2cccc(Cl)c2-c2ccc3c(=O)n(-c4cccc5ccccc45)c(=O)[nH]c3c2)cc1. The van der Waals surface area contributed by atoms with Gasteiger partial charge in [-0.1, -0.05) is 78.3 Å². The van der Waals surface area contributed by atoms with Crippen LogP contribution in [0.15, 0.2) is 113 Å². The maximum absolute atomic E-state index is 13.6. The number of halogens is 1. The normalized spacial score (nSPS) is 11.2. The minimum absolute atomic E-state index is 0.376. The van der Waals surface area contributed by atoms with E-state index in [9.17, 15) is 14.4 Å². The summed E-state index contributed by atoms with van der Waals surface area (Å²) in [4.78, 5) is 41.2. The number of hydrogen-bond acceptors (Lipinski definition) is 3. The number of nitrogens with zero attached hydrogens (tertiary/aromatic N) is 1. The Bertz CT molecular complexity index is 2000. The maximum Gasteiger partial charge on any atom is 0.333 e. The summed E-state index contributed by atoms with van der Waals surface area (Å²) in [7, 11) is 0. The fourth-order valence-electron chi connectivity index (χ4n) is 4.87. The zero-order valence-corrected chi connectivity index (χ0v) is 20.7. The summed E-state index contributed by atoms with van der Waals surface area (Å²) in [6.07, 6.45) is 0. The second-order valence-corrected chi connectivity index (χ2v) is 9.34. The third-order valence-electron chi connectivity index (χ3n) is 6.69. The highest BCUT2D eigenvalue weighted by Crippen LogP contribution is 2.38. The molecule has 0 unspecified atom stereocenters. The van der Waals surface area contributed by atoms with E-state index in [1.54, 1.807) is 48.5 Å². The number of primary amides is 1.